The Kier molecular flexibility index (Phi) is 7.80. The summed E-state index contributed by atoms with van der Waals surface area (Å²) >= 11 is 0. The molecule has 2 aromatic carbocycles. The van der Waals surface area contributed by atoms with Gasteiger partial charge in [0.05, 0.1) is 38.0 Å². The van der Waals surface area contributed by atoms with Gasteiger partial charge in [-0.05, 0) is 62.2 Å². The number of aryl methyl sites for hydroxylation is 2. The highest BCUT2D eigenvalue weighted by Crippen LogP contribution is 2.20. The molecule has 3 aromatic rings. The number of aromatic nitrogens is 2. The molecular formula is C25H33N3O3. The molecule has 6 nitrogen and oxygen atoms in total. The minimum absolute atomic E-state index is 0.714. The lowest BCUT2D eigenvalue weighted by Crippen LogP contribution is -2.37. The number of hydrogen-bond donors (Lipinski definition) is 0. The number of unbranched alkanes of at least 4 members (excludes halogenated alkanes) is 1. The SMILES string of the molecule is COc1ccc(OCCCCn2c(CCCN3CCOCC3)nc3ccccc32)cc1. The van der Waals surface area contributed by atoms with Gasteiger partial charge in [-0.3, -0.25) is 4.90 Å². The maximum absolute atomic E-state index is 5.88. The highest BCUT2D eigenvalue weighted by Gasteiger charge is 2.13. The third-order valence-electron chi connectivity index (χ3n) is 5.82. The van der Waals surface area contributed by atoms with Crippen molar-refractivity contribution in [2.24, 2.45) is 0 Å². The Bertz CT molecular complexity index is 933. The average molecular weight is 424 g/mol. The summed E-state index contributed by atoms with van der Waals surface area (Å²) in [6.07, 6.45) is 4.21. The number of imidazole rings is 1. The third kappa shape index (κ3) is 5.99. The van der Waals surface area contributed by atoms with E-state index >= 15 is 0 Å². The fourth-order valence-electron chi connectivity index (χ4n) is 4.09. The van der Waals surface area contributed by atoms with Crippen LogP contribution in [0.1, 0.15) is 25.1 Å². The summed E-state index contributed by atoms with van der Waals surface area (Å²) in [7, 11) is 1.67. The van der Waals surface area contributed by atoms with Crippen LogP contribution in [0.15, 0.2) is 48.5 Å². The van der Waals surface area contributed by atoms with Gasteiger partial charge < -0.3 is 18.8 Å². The summed E-state index contributed by atoms with van der Waals surface area (Å²) in [5.74, 6) is 2.93. The molecule has 0 bridgehead atoms. The highest BCUT2D eigenvalue weighted by atomic mass is 16.5. The predicted octanol–water partition coefficient (Wildman–Crippen LogP) is 4.17. The summed E-state index contributed by atoms with van der Waals surface area (Å²) in [5, 5.41) is 0. The zero-order chi connectivity index (χ0) is 21.3. The van der Waals surface area contributed by atoms with E-state index < -0.39 is 0 Å². The van der Waals surface area contributed by atoms with E-state index in [0.717, 1.165) is 82.1 Å². The monoisotopic (exact) mass is 423 g/mol. The smallest absolute Gasteiger partial charge is 0.119 e. The molecule has 4 rings (SSSR count). The van der Waals surface area contributed by atoms with Crippen molar-refractivity contribution >= 4 is 11.0 Å². The van der Waals surface area contributed by atoms with Crippen LogP contribution in [-0.2, 0) is 17.7 Å². The third-order valence-corrected chi connectivity index (χ3v) is 5.82. The van der Waals surface area contributed by atoms with Crippen LogP contribution < -0.4 is 9.47 Å². The van der Waals surface area contributed by atoms with E-state index in [1.807, 2.05) is 24.3 Å². The van der Waals surface area contributed by atoms with Gasteiger partial charge in [0.25, 0.3) is 0 Å². The molecule has 0 aliphatic carbocycles. The minimum atomic E-state index is 0.714. The molecule has 31 heavy (non-hydrogen) atoms. The Hall–Kier alpha value is -2.57. The molecule has 0 radical (unpaired) electrons. The Morgan fingerprint density at radius 2 is 1.68 bits per heavy atom. The average Bonchev–Trinajstić information content (AvgIpc) is 3.17. The minimum Gasteiger partial charge on any atom is -0.497 e. The van der Waals surface area contributed by atoms with Gasteiger partial charge in [-0.2, -0.15) is 0 Å². The van der Waals surface area contributed by atoms with E-state index in [0.29, 0.717) is 6.61 Å². The van der Waals surface area contributed by atoms with Crippen molar-refractivity contribution < 1.29 is 14.2 Å². The van der Waals surface area contributed by atoms with E-state index in [2.05, 4.69) is 33.7 Å². The van der Waals surface area contributed by atoms with Crippen LogP contribution in [0.25, 0.3) is 11.0 Å². The molecule has 0 amide bonds. The van der Waals surface area contributed by atoms with Gasteiger partial charge in [0.1, 0.15) is 17.3 Å². The quantitative estimate of drug-likeness (QED) is 0.433. The molecule has 0 unspecified atom stereocenters. The van der Waals surface area contributed by atoms with Gasteiger partial charge in [-0.1, -0.05) is 12.1 Å². The first-order chi connectivity index (χ1) is 15.3. The maximum Gasteiger partial charge on any atom is 0.119 e. The second-order valence-corrected chi connectivity index (χ2v) is 7.96. The van der Waals surface area contributed by atoms with Gasteiger partial charge in [-0.25, -0.2) is 4.98 Å². The number of methoxy groups -OCH3 is 1. The lowest BCUT2D eigenvalue weighted by Gasteiger charge is -2.26. The predicted molar refractivity (Wildman–Crippen MR) is 123 cm³/mol. The Balaban J connectivity index is 1.28. The van der Waals surface area contributed by atoms with Gasteiger partial charge in [0.2, 0.25) is 0 Å². The lowest BCUT2D eigenvalue weighted by molar-refractivity contribution is 0.0374. The van der Waals surface area contributed by atoms with E-state index in [4.69, 9.17) is 19.2 Å². The van der Waals surface area contributed by atoms with E-state index in [-0.39, 0.29) is 0 Å². The van der Waals surface area contributed by atoms with Crippen LogP contribution in [0.2, 0.25) is 0 Å². The highest BCUT2D eigenvalue weighted by molar-refractivity contribution is 5.75. The zero-order valence-electron chi connectivity index (χ0n) is 18.5. The first-order valence-corrected chi connectivity index (χ1v) is 11.3. The van der Waals surface area contributed by atoms with E-state index in [9.17, 15) is 0 Å². The summed E-state index contributed by atoms with van der Waals surface area (Å²) in [5.41, 5.74) is 2.33. The Morgan fingerprint density at radius 1 is 0.903 bits per heavy atom. The molecule has 0 spiro atoms. The molecule has 0 atom stereocenters. The molecule has 0 saturated carbocycles. The van der Waals surface area contributed by atoms with Crippen LogP contribution in [0.3, 0.4) is 0 Å². The van der Waals surface area contributed by atoms with Crippen molar-refractivity contribution in [3.8, 4) is 11.5 Å². The van der Waals surface area contributed by atoms with Crippen LogP contribution in [0, 0.1) is 0 Å². The van der Waals surface area contributed by atoms with E-state index in [1.54, 1.807) is 7.11 Å². The lowest BCUT2D eigenvalue weighted by atomic mass is 10.2. The van der Waals surface area contributed by atoms with Gasteiger partial charge in [0, 0.05) is 26.1 Å². The summed E-state index contributed by atoms with van der Waals surface area (Å²) < 4.78 is 18.9. The maximum atomic E-state index is 5.88. The molecule has 1 aliphatic rings. The summed E-state index contributed by atoms with van der Waals surface area (Å²) in [6, 6.07) is 16.2. The van der Waals surface area contributed by atoms with Crippen LogP contribution >= 0.6 is 0 Å². The first-order valence-electron chi connectivity index (χ1n) is 11.3. The molecular weight excluding hydrogens is 390 g/mol. The van der Waals surface area contributed by atoms with Crippen LogP contribution in [0.5, 0.6) is 11.5 Å². The molecule has 1 saturated heterocycles. The Morgan fingerprint density at radius 3 is 2.48 bits per heavy atom. The normalized spacial score (nSPS) is 14.7. The first kappa shape index (κ1) is 21.7. The zero-order valence-corrected chi connectivity index (χ0v) is 18.5. The van der Waals surface area contributed by atoms with Gasteiger partial charge >= 0.3 is 0 Å². The molecule has 1 aromatic heterocycles. The second-order valence-electron chi connectivity index (χ2n) is 7.96. The van der Waals surface area contributed by atoms with Crippen LogP contribution in [-0.4, -0.2) is 61.0 Å². The molecule has 0 N–H and O–H groups in total. The van der Waals surface area contributed by atoms with Crippen molar-refractivity contribution in [3.63, 3.8) is 0 Å². The molecule has 6 heteroatoms. The van der Waals surface area contributed by atoms with Gasteiger partial charge in [-0.15, -0.1) is 0 Å². The number of fused-ring (bicyclic) bond motifs is 1. The number of nitrogens with zero attached hydrogens (tertiary/aromatic N) is 3. The second kappa shape index (κ2) is 11.2. The Labute approximate surface area is 184 Å². The fourth-order valence-corrected chi connectivity index (χ4v) is 4.09. The largest absolute Gasteiger partial charge is 0.497 e. The number of benzene rings is 2. The molecule has 1 fully saturated rings. The van der Waals surface area contributed by atoms with Crippen molar-refractivity contribution in [2.45, 2.75) is 32.2 Å². The summed E-state index contributed by atoms with van der Waals surface area (Å²) in [6.45, 7) is 6.61. The van der Waals surface area contributed by atoms with Crippen LogP contribution in [0.4, 0.5) is 0 Å². The standard InChI is InChI=1S/C25H33N3O3/c1-29-21-10-12-22(13-11-21)31-18-5-4-15-28-24-8-3-2-7-23(24)26-25(28)9-6-14-27-16-19-30-20-17-27/h2-3,7-8,10-13H,4-6,9,14-20H2,1H3. The number of hydrogen-bond acceptors (Lipinski definition) is 5. The molecule has 1 aliphatic heterocycles. The number of rotatable bonds is 11. The molecule has 166 valence electrons. The number of para-hydroxylation sites is 2. The van der Waals surface area contributed by atoms with Crippen molar-refractivity contribution in [1.29, 1.82) is 0 Å². The topological polar surface area (TPSA) is 48.8 Å². The number of morpholine rings is 1. The summed E-state index contributed by atoms with van der Waals surface area (Å²) in [4.78, 5) is 7.43. The molecule has 2 heterocycles. The number of ether oxygens (including phenoxy) is 3. The van der Waals surface area contributed by atoms with Crippen molar-refractivity contribution in [3.05, 3.63) is 54.4 Å². The fraction of sp³-hybridized carbons (Fsp3) is 0.480. The van der Waals surface area contributed by atoms with Crippen molar-refractivity contribution in [2.75, 3.05) is 46.6 Å². The van der Waals surface area contributed by atoms with E-state index in [1.165, 1.54) is 11.3 Å². The van der Waals surface area contributed by atoms with Crippen molar-refractivity contribution in [1.82, 2.24) is 14.5 Å². The van der Waals surface area contributed by atoms with Gasteiger partial charge in [0.15, 0.2) is 0 Å².